The summed E-state index contributed by atoms with van der Waals surface area (Å²) in [6.45, 7) is 3.29. The Morgan fingerprint density at radius 1 is 1.19 bits per heavy atom. The third-order valence-corrected chi connectivity index (χ3v) is 7.72. The minimum absolute atomic E-state index is 0.00817. The molecule has 0 spiro atoms. The van der Waals surface area contributed by atoms with Gasteiger partial charge < -0.3 is 14.2 Å². The third kappa shape index (κ3) is 6.71. The number of esters is 1. The van der Waals surface area contributed by atoms with E-state index in [1.54, 1.807) is 19.9 Å². The highest BCUT2D eigenvalue weighted by molar-refractivity contribution is 7.91. The van der Waals surface area contributed by atoms with Crippen molar-refractivity contribution in [3.05, 3.63) is 29.6 Å². The number of hydrogen-bond acceptors (Lipinski definition) is 9. The van der Waals surface area contributed by atoms with Gasteiger partial charge in [0, 0.05) is 6.92 Å². The van der Waals surface area contributed by atoms with Gasteiger partial charge >= 0.3 is 18.2 Å². The summed E-state index contributed by atoms with van der Waals surface area (Å²) in [5.41, 5.74) is 0.617. The fourth-order valence-electron chi connectivity index (χ4n) is 3.96. The van der Waals surface area contributed by atoms with Crippen molar-refractivity contribution in [2.24, 2.45) is 5.92 Å². The number of imide groups is 1. The topological polar surface area (TPSA) is 137 Å². The predicted molar refractivity (Wildman–Crippen MR) is 124 cm³/mol. The quantitative estimate of drug-likeness (QED) is 0.386. The fourth-order valence-corrected chi connectivity index (χ4v) is 5.45. The molecule has 3 amide bonds. The minimum Gasteiger partial charge on any atom is -0.442 e. The molecule has 0 aliphatic carbocycles. The fraction of sp³-hybridized carbons (Fsp3) is 0.565. The van der Waals surface area contributed by atoms with Gasteiger partial charge in [-0.05, 0) is 36.5 Å². The van der Waals surface area contributed by atoms with Crippen LogP contribution in [0.15, 0.2) is 18.2 Å². The summed E-state index contributed by atoms with van der Waals surface area (Å²) in [7, 11) is -3.08. The average Bonchev–Trinajstić information content (AvgIpc) is 3.17. The van der Waals surface area contributed by atoms with Crippen molar-refractivity contribution in [1.82, 2.24) is 4.90 Å². The van der Waals surface area contributed by atoms with E-state index in [9.17, 15) is 32.0 Å². The zero-order valence-electron chi connectivity index (χ0n) is 20.3. The Kier molecular flexibility index (Phi) is 8.54. The van der Waals surface area contributed by atoms with Crippen molar-refractivity contribution < 1.29 is 46.2 Å². The van der Waals surface area contributed by atoms with Gasteiger partial charge in [0.1, 0.15) is 21.8 Å². The third-order valence-electron chi connectivity index (χ3n) is 6.01. The number of nitrogens with zero attached hydrogens (tertiary/aromatic N) is 2. The van der Waals surface area contributed by atoms with Gasteiger partial charge in [0.25, 0.3) is 0 Å². The molecule has 0 saturated carbocycles. The van der Waals surface area contributed by atoms with E-state index in [0.29, 0.717) is 23.3 Å². The number of sulfone groups is 1. The maximum atomic E-state index is 14.9. The molecule has 2 heterocycles. The van der Waals surface area contributed by atoms with E-state index in [1.165, 1.54) is 17.0 Å². The Labute approximate surface area is 208 Å². The number of ether oxygens (including phenoxy) is 3. The van der Waals surface area contributed by atoms with Crippen LogP contribution >= 0.6 is 0 Å². The van der Waals surface area contributed by atoms with Gasteiger partial charge in [-0.3, -0.25) is 14.5 Å². The number of hydrogen-bond donors (Lipinski definition) is 0. The van der Waals surface area contributed by atoms with Crippen molar-refractivity contribution in [1.29, 1.82) is 0 Å². The second kappa shape index (κ2) is 11.2. The summed E-state index contributed by atoms with van der Waals surface area (Å²) >= 11 is 0. The molecule has 2 saturated heterocycles. The number of anilines is 1. The molecule has 2 aliphatic rings. The van der Waals surface area contributed by atoms with E-state index in [4.69, 9.17) is 14.2 Å². The van der Waals surface area contributed by atoms with Gasteiger partial charge in [-0.2, -0.15) is 0 Å². The summed E-state index contributed by atoms with van der Waals surface area (Å²) in [6, 6.07) is 4.26. The standard InChI is InChI=1S/C23H29FN2O9S/c1-14(2)21(28)33-13-34-22(29)25(15(3)27)11-18-12-26(23(30)35-18)17-4-5-19(20(24)10-17)16-6-8-36(31,32)9-7-16/h4-5,10,14,16,18H,6-9,11-13H2,1-3H3/t18-/m0/s1. The smallest absolute Gasteiger partial charge is 0.419 e. The van der Waals surface area contributed by atoms with Crippen LogP contribution in [0.25, 0.3) is 0 Å². The van der Waals surface area contributed by atoms with E-state index in [-0.39, 0.29) is 36.2 Å². The number of cyclic esters (lactones) is 1. The van der Waals surface area contributed by atoms with Gasteiger partial charge in [0.05, 0.1) is 36.2 Å². The van der Waals surface area contributed by atoms with Crippen LogP contribution in [0.1, 0.15) is 45.1 Å². The van der Waals surface area contributed by atoms with Crippen LogP contribution < -0.4 is 4.90 Å². The minimum atomic E-state index is -3.08. The first-order valence-corrected chi connectivity index (χ1v) is 13.3. The Hall–Kier alpha value is -3.22. The molecule has 0 unspecified atom stereocenters. The molecule has 3 rings (SSSR count). The lowest BCUT2D eigenvalue weighted by molar-refractivity contribution is -0.156. The van der Waals surface area contributed by atoms with Crippen LogP contribution in [-0.4, -0.2) is 74.9 Å². The Balaban J connectivity index is 1.61. The van der Waals surface area contributed by atoms with Gasteiger partial charge in [-0.15, -0.1) is 0 Å². The number of benzene rings is 1. The molecule has 11 nitrogen and oxygen atoms in total. The second-order valence-corrected chi connectivity index (χ2v) is 11.3. The number of halogens is 1. The molecule has 2 aliphatic heterocycles. The van der Waals surface area contributed by atoms with E-state index >= 15 is 0 Å². The summed E-state index contributed by atoms with van der Waals surface area (Å²) < 4.78 is 53.0. The van der Waals surface area contributed by atoms with Crippen LogP contribution in [0.2, 0.25) is 0 Å². The predicted octanol–water partition coefficient (Wildman–Crippen LogP) is 2.58. The zero-order chi connectivity index (χ0) is 26.6. The summed E-state index contributed by atoms with van der Waals surface area (Å²) in [5.74, 6) is -2.44. The number of rotatable bonds is 7. The first-order valence-electron chi connectivity index (χ1n) is 11.5. The van der Waals surface area contributed by atoms with E-state index in [1.807, 2.05) is 0 Å². The number of carbonyl (C=O) groups excluding carboxylic acids is 4. The molecule has 36 heavy (non-hydrogen) atoms. The molecule has 0 aromatic heterocycles. The van der Waals surface area contributed by atoms with Crippen molar-refractivity contribution in [2.45, 2.75) is 45.6 Å². The summed E-state index contributed by atoms with van der Waals surface area (Å²) in [5, 5.41) is 0. The lowest BCUT2D eigenvalue weighted by Gasteiger charge is -2.23. The average molecular weight is 529 g/mol. The van der Waals surface area contributed by atoms with Gasteiger partial charge in [-0.25, -0.2) is 27.3 Å². The number of carbonyl (C=O) groups is 4. The first-order chi connectivity index (χ1) is 16.9. The molecule has 13 heteroatoms. The normalized spacial score (nSPS) is 19.6. The lowest BCUT2D eigenvalue weighted by Crippen LogP contribution is -2.42. The Bertz CT molecular complexity index is 1120. The molecular formula is C23H29FN2O9S. The highest BCUT2D eigenvalue weighted by atomic mass is 32.2. The number of amides is 3. The van der Waals surface area contributed by atoms with Crippen LogP contribution in [-0.2, 0) is 33.6 Å². The van der Waals surface area contributed by atoms with E-state index in [0.717, 1.165) is 6.92 Å². The zero-order valence-corrected chi connectivity index (χ0v) is 21.1. The molecule has 1 aromatic carbocycles. The Morgan fingerprint density at radius 3 is 2.44 bits per heavy atom. The van der Waals surface area contributed by atoms with E-state index in [2.05, 4.69) is 0 Å². The van der Waals surface area contributed by atoms with Crippen LogP contribution in [0.5, 0.6) is 0 Å². The second-order valence-electron chi connectivity index (χ2n) is 9.02. The molecule has 2 fully saturated rings. The van der Waals surface area contributed by atoms with Crippen molar-refractivity contribution in [3.8, 4) is 0 Å². The maximum Gasteiger partial charge on any atom is 0.419 e. The molecule has 0 N–H and O–H groups in total. The van der Waals surface area contributed by atoms with Gasteiger partial charge in [0.2, 0.25) is 12.7 Å². The summed E-state index contributed by atoms with van der Waals surface area (Å²) in [6.07, 6.45) is -2.09. The molecule has 198 valence electrons. The first kappa shape index (κ1) is 27.4. The molecule has 0 bridgehead atoms. The van der Waals surface area contributed by atoms with Crippen molar-refractivity contribution in [3.63, 3.8) is 0 Å². The van der Waals surface area contributed by atoms with E-state index < -0.39 is 58.5 Å². The van der Waals surface area contributed by atoms with Crippen LogP contribution in [0.4, 0.5) is 19.7 Å². The highest BCUT2D eigenvalue weighted by Crippen LogP contribution is 2.33. The summed E-state index contributed by atoms with van der Waals surface area (Å²) in [4.78, 5) is 50.0. The Morgan fingerprint density at radius 2 is 1.86 bits per heavy atom. The lowest BCUT2D eigenvalue weighted by atomic mass is 9.93. The molecule has 0 radical (unpaired) electrons. The van der Waals surface area contributed by atoms with Gasteiger partial charge in [0.15, 0.2) is 0 Å². The maximum absolute atomic E-state index is 14.9. The van der Waals surface area contributed by atoms with Crippen LogP contribution in [0, 0.1) is 11.7 Å². The molecule has 1 atom stereocenters. The van der Waals surface area contributed by atoms with Crippen LogP contribution in [0.3, 0.4) is 0 Å². The van der Waals surface area contributed by atoms with Gasteiger partial charge in [-0.1, -0.05) is 19.9 Å². The molecular weight excluding hydrogens is 499 g/mol. The molecule has 1 aromatic rings. The highest BCUT2D eigenvalue weighted by Gasteiger charge is 2.36. The van der Waals surface area contributed by atoms with Crippen molar-refractivity contribution >= 4 is 39.6 Å². The SMILES string of the molecule is CC(=O)N(C[C@H]1CN(c2ccc(C3CCS(=O)(=O)CC3)c(F)c2)C(=O)O1)C(=O)OCOC(=O)C(C)C. The monoisotopic (exact) mass is 528 g/mol. The largest absolute Gasteiger partial charge is 0.442 e. The van der Waals surface area contributed by atoms with Crippen molar-refractivity contribution in [2.75, 3.05) is 36.3 Å².